The first-order valence-electron chi connectivity index (χ1n) is 5.25. The zero-order valence-corrected chi connectivity index (χ0v) is 10.8. The van der Waals surface area contributed by atoms with Gasteiger partial charge in [0.2, 0.25) is 0 Å². The van der Waals surface area contributed by atoms with E-state index in [0.717, 1.165) is 0 Å². The van der Waals surface area contributed by atoms with Crippen molar-refractivity contribution >= 4 is 34.8 Å². The lowest BCUT2D eigenvalue weighted by molar-refractivity contribution is -0.144. The molecule has 1 aromatic rings. The minimum atomic E-state index is -0.809. The third kappa shape index (κ3) is 2.30. The third-order valence-electron chi connectivity index (χ3n) is 3.11. The highest BCUT2D eigenvalue weighted by atomic mass is 35.5. The van der Waals surface area contributed by atoms with Crippen molar-refractivity contribution in [2.75, 3.05) is 13.1 Å². The van der Waals surface area contributed by atoms with Crippen LogP contribution in [0.25, 0.3) is 0 Å². The zero-order valence-electron chi connectivity index (χ0n) is 9.22. The van der Waals surface area contributed by atoms with Crippen molar-refractivity contribution in [1.29, 1.82) is 0 Å². The lowest BCUT2D eigenvalue weighted by Crippen LogP contribution is -2.53. The number of rotatable bonds is 3. The molecular weight excluding hydrogens is 262 g/mol. The maximum Gasteiger partial charge on any atom is 0.306 e. The maximum atomic E-state index is 12.0. The molecule has 0 aromatic carbocycles. The Morgan fingerprint density at radius 3 is 2.71 bits per heavy atom. The summed E-state index contributed by atoms with van der Waals surface area (Å²) in [6.45, 7) is 2.67. The molecule has 1 N–H and O–H groups in total. The van der Waals surface area contributed by atoms with E-state index in [-0.39, 0.29) is 11.8 Å². The van der Waals surface area contributed by atoms with Crippen molar-refractivity contribution < 1.29 is 14.7 Å². The van der Waals surface area contributed by atoms with Gasteiger partial charge in [0.05, 0.1) is 10.9 Å². The molecule has 0 aliphatic carbocycles. The average molecular weight is 274 g/mol. The molecule has 0 spiro atoms. The van der Waals surface area contributed by atoms with Crippen LogP contribution >= 0.6 is 22.9 Å². The van der Waals surface area contributed by atoms with Crippen LogP contribution in [0.15, 0.2) is 11.4 Å². The second-order valence-corrected chi connectivity index (χ2v) is 5.52. The second-order valence-electron chi connectivity index (χ2n) is 4.19. The van der Waals surface area contributed by atoms with E-state index in [9.17, 15) is 9.59 Å². The summed E-state index contributed by atoms with van der Waals surface area (Å²) in [6.07, 6.45) is 0. The van der Waals surface area contributed by atoms with E-state index < -0.39 is 11.9 Å². The molecule has 1 aromatic heterocycles. The minimum Gasteiger partial charge on any atom is -0.481 e. The van der Waals surface area contributed by atoms with E-state index in [2.05, 4.69) is 0 Å². The van der Waals surface area contributed by atoms with Gasteiger partial charge in [-0.3, -0.25) is 9.59 Å². The molecule has 1 saturated heterocycles. The van der Waals surface area contributed by atoms with Gasteiger partial charge in [-0.05, 0) is 11.4 Å². The Kier molecular flexibility index (Phi) is 3.40. The number of hydrogen-bond acceptors (Lipinski definition) is 3. The van der Waals surface area contributed by atoms with Crippen LogP contribution in [0.5, 0.6) is 0 Å². The summed E-state index contributed by atoms with van der Waals surface area (Å²) in [4.78, 5) is 24.9. The number of carboxylic acids is 1. The average Bonchev–Trinajstić information content (AvgIpc) is 2.61. The molecule has 6 heteroatoms. The Balaban J connectivity index is 1.95. The molecule has 1 fully saturated rings. The molecule has 17 heavy (non-hydrogen) atoms. The van der Waals surface area contributed by atoms with E-state index in [0.29, 0.717) is 23.0 Å². The third-order valence-corrected chi connectivity index (χ3v) is 4.43. The summed E-state index contributed by atoms with van der Waals surface area (Å²) in [5, 5.41) is 11.1. The van der Waals surface area contributed by atoms with Gasteiger partial charge >= 0.3 is 5.97 Å². The van der Waals surface area contributed by atoms with Crippen LogP contribution in [0.1, 0.15) is 16.6 Å². The molecule has 2 heterocycles. The molecule has 0 radical (unpaired) electrons. The van der Waals surface area contributed by atoms with E-state index in [4.69, 9.17) is 16.7 Å². The summed E-state index contributed by atoms with van der Waals surface area (Å²) in [7, 11) is 0. The summed E-state index contributed by atoms with van der Waals surface area (Å²) in [5.41, 5.74) is 0. The first kappa shape index (κ1) is 12.4. The van der Waals surface area contributed by atoms with Gasteiger partial charge in [-0.25, -0.2) is 0 Å². The number of hydrogen-bond donors (Lipinski definition) is 1. The lowest BCUT2D eigenvalue weighted by atomic mass is 9.87. The molecule has 1 aliphatic heterocycles. The number of aliphatic carboxylic acids is 1. The Bertz CT molecular complexity index is 453. The van der Waals surface area contributed by atoms with Crippen molar-refractivity contribution in [3.8, 4) is 0 Å². The van der Waals surface area contributed by atoms with Gasteiger partial charge in [0.1, 0.15) is 4.88 Å². The molecule has 2 rings (SSSR count). The fourth-order valence-corrected chi connectivity index (χ4v) is 2.89. The summed E-state index contributed by atoms with van der Waals surface area (Å²) in [5.74, 6) is -1.26. The summed E-state index contributed by atoms with van der Waals surface area (Å²) >= 11 is 7.19. The van der Waals surface area contributed by atoms with Gasteiger partial charge in [0.25, 0.3) is 5.91 Å². The van der Waals surface area contributed by atoms with Gasteiger partial charge in [0, 0.05) is 19.0 Å². The SMILES string of the molecule is CC(C(=O)O)C1CN(C(=O)c2sccc2Cl)C1. The molecule has 1 amide bonds. The molecule has 1 atom stereocenters. The number of carbonyl (C=O) groups excluding carboxylic acids is 1. The highest BCUT2D eigenvalue weighted by molar-refractivity contribution is 7.12. The number of carboxylic acid groups (broad SMARTS) is 1. The molecule has 1 aliphatic rings. The van der Waals surface area contributed by atoms with Crippen LogP contribution in [0, 0.1) is 11.8 Å². The Morgan fingerprint density at radius 1 is 1.59 bits per heavy atom. The van der Waals surface area contributed by atoms with Crippen LogP contribution in [-0.4, -0.2) is 35.0 Å². The minimum absolute atomic E-state index is 0.0511. The fourth-order valence-electron chi connectivity index (χ4n) is 1.79. The molecular formula is C11H12ClNO3S. The number of carbonyl (C=O) groups is 2. The Morgan fingerprint density at radius 2 is 2.24 bits per heavy atom. The van der Waals surface area contributed by atoms with Gasteiger partial charge in [0.15, 0.2) is 0 Å². The number of amides is 1. The van der Waals surface area contributed by atoms with Crippen LogP contribution in [0.4, 0.5) is 0 Å². The van der Waals surface area contributed by atoms with E-state index in [1.807, 2.05) is 0 Å². The number of thiophene rings is 1. The van der Waals surface area contributed by atoms with Crippen molar-refractivity contribution in [2.24, 2.45) is 11.8 Å². The summed E-state index contributed by atoms with van der Waals surface area (Å²) < 4.78 is 0. The van der Waals surface area contributed by atoms with Crippen molar-refractivity contribution in [3.63, 3.8) is 0 Å². The van der Waals surface area contributed by atoms with Crippen molar-refractivity contribution in [2.45, 2.75) is 6.92 Å². The van der Waals surface area contributed by atoms with Crippen LogP contribution < -0.4 is 0 Å². The van der Waals surface area contributed by atoms with E-state index in [1.165, 1.54) is 11.3 Å². The molecule has 0 bridgehead atoms. The molecule has 92 valence electrons. The normalized spacial score (nSPS) is 17.6. The first-order valence-corrected chi connectivity index (χ1v) is 6.51. The maximum absolute atomic E-state index is 12.0. The van der Waals surface area contributed by atoms with E-state index in [1.54, 1.807) is 23.3 Å². The predicted octanol–water partition coefficient (Wildman–Crippen LogP) is 2.19. The smallest absolute Gasteiger partial charge is 0.306 e. The van der Waals surface area contributed by atoms with Gasteiger partial charge in [-0.2, -0.15) is 0 Å². The molecule has 4 nitrogen and oxygen atoms in total. The number of nitrogens with zero attached hydrogens (tertiary/aromatic N) is 1. The van der Waals surface area contributed by atoms with Crippen LogP contribution in [0.3, 0.4) is 0 Å². The number of halogens is 1. The van der Waals surface area contributed by atoms with Gasteiger partial charge in [-0.15, -0.1) is 11.3 Å². The largest absolute Gasteiger partial charge is 0.481 e. The fraction of sp³-hybridized carbons (Fsp3) is 0.455. The highest BCUT2D eigenvalue weighted by Crippen LogP contribution is 2.29. The van der Waals surface area contributed by atoms with Gasteiger partial charge in [-0.1, -0.05) is 18.5 Å². The second kappa shape index (κ2) is 4.66. The first-order chi connectivity index (χ1) is 8.00. The van der Waals surface area contributed by atoms with Crippen molar-refractivity contribution in [1.82, 2.24) is 4.90 Å². The standard InChI is InChI=1S/C11H12ClNO3S/c1-6(11(15)16)7-4-13(5-7)10(14)9-8(12)2-3-17-9/h2-3,6-7H,4-5H2,1H3,(H,15,16). The van der Waals surface area contributed by atoms with Crippen molar-refractivity contribution in [3.05, 3.63) is 21.3 Å². The lowest BCUT2D eigenvalue weighted by Gasteiger charge is -2.41. The van der Waals surface area contributed by atoms with Gasteiger partial charge < -0.3 is 10.0 Å². The van der Waals surface area contributed by atoms with Crippen LogP contribution in [-0.2, 0) is 4.79 Å². The Labute approximate surface area is 108 Å². The predicted molar refractivity (Wildman–Crippen MR) is 65.5 cm³/mol. The quantitative estimate of drug-likeness (QED) is 0.918. The monoisotopic (exact) mass is 273 g/mol. The highest BCUT2D eigenvalue weighted by Gasteiger charge is 2.38. The zero-order chi connectivity index (χ0) is 12.6. The molecule has 1 unspecified atom stereocenters. The Hall–Kier alpha value is -1.07. The van der Waals surface area contributed by atoms with Crippen LogP contribution in [0.2, 0.25) is 5.02 Å². The molecule has 0 saturated carbocycles. The summed E-state index contributed by atoms with van der Waals surface area (Å²) in [6, 6.07) is 1.69. The van der Waals surface area contributed by atoms with E-state index >= 15 is 0 Å². The topological polar surface area (TPSA) is 57.6 Å². The number of likely N-dealkylation sites (tertiary alicyclic amines) is 1.